The van der Waals surface area contributed by atoms with Crippen molar-refractivity contribution in [3.05, 3.63) is 12.2 Å². The van der Waals surface area contributed by atoms with Gasteiger partial charge in [-0.15, -0.1) is 0 Å². The van der Waals surface area contributed by atoms with Gasteiger partial charge in [0.05, 0.1) is 7.85 Å². The van der Waals surface area contributed by atoms with Crippen molar-refractivity contribution in [2.45, 2.75) is 23.9 Å². The summed E-state index contributed by atoms with van der Waals surface area (Å²) in [5.41, 5.74) is 0. The molecule has 0 aliphatic heterocycles. The Kier molecular flexibility index (Phi) is 2.89. The summed E-state index contributed by atoms with van der Waals surface area (Å²) in [7, 11) is 5.74. The van der Waals surface area contributed by atoms with Crippen molar-refractivity contribution in [3.63, 3.8) is 0 Å². The second kappa shape index (κ2) is 3.73. The first-order valence-corrected chi connectivity index (χ1v) is 4.19. The zero-order chi connectivity index (χ0) is 7.40. The van der Waals surface area contributed by atoms with Crippen molar-refractivity contribution >= 4 is 19.6 Å². The Morgan fingerprint density at radius 2 is 2.50 bits per heavy atom. The lowest BCUT2D eigenvalue weighted by atomic mass is 9.78. The topological polar surface area (TPSA) is 23.8 Å². The molecule has 50 valence electrons. The summed E-state index contributed by atoms with van der Waals surface area (Å²) in [5.74, 6) is 0.176. The first-order chi connectivity index (χ1) is 4.84. The van der Waals surface area contributed by atoms with Crippen molar-refractivity contribution in [1.29, 1.82) is 5.26 Å². The summed E-state index contributed by atoms with van der Waals surface area (Å²) >= 11 is 1.25. The molecule has 1 nitrogen and oxygen atoms in total. The number of allylic oxidation sites excluding steroid dienone is 1. The highest BCUT2D eigenvalue weighted by Crippen LogP contribution is 2.30. The van der Waals surface area contributed by atoms with Crippen LogP contribution in [0.1, 0.15) is 12.8 Å². The van der Waals surface area contributed by atoms with E-state index in [1.165, 1.54) is 11.8 Å². The molecule has 0 aromatic rings. The van der Waals surface area contributed by atoms with Gasteiger partial charge in [-0.25, -0.2) is 0 Å². The lowest BCUT2D eigenvalue weighted by Crippen LogP contribution is -2.11. The molecule has 0 spiro atoms. The van der Waals surface area contributed by atoms with Gasteiger partial charge < -0.3 is 0 Å². The van der Waals surface area contributed by atoms with Crippen LogP contribution >= 0.6 is 11.8 Å². The third kappa shape index (κ3) is 1.81. The number of thiocyanates is 1. The summed E-state index contributed by atoms with van der Waals surface area (Å²) in [6, 6.07) is 0. The van der Waals surface area contributed by atoms with Gasteiger partial charge in [0.15, 0.2) is 0 Å². The molecule has 0 aromatic heterocycles. The van der Waals surface area contributed by atoms with Gasteiger partial charge in [0.1, 0.15) is 5.40 Å². The Labute approximate surface area is 66.9 Å². The largest absolute Gasteiger partial charge is 0.185 e. The standard InChI is InChI=1S/C7H8BNS/c8-6-3-1-2-4-7(6)10-5-9/h2,4,6-7H,1,3H2. The fraction of sp³-hybridized carbons (Fsp3) is 0.571. The van der Waals surface area contributed by atoms with Crippen LogP contribution in [0, 0.1) is 10.7 Å². The SMILES string of the molecule is [B]C1CCC=CC1SC#N. The molecule has 1 aliphatic carbocycles. The Balaban J connectivity index is 2.48. The zero-order valence-electron chi connectivity index (χ0n) is 5.66. The molecule has 0 bridgehead atoms. The first kappa shape index (κ1) is 7.75. The van der Waals surface area contributed by atoms with E-state index >= 15 is 0 Å². The van der Waals surface area contributed by atoms with Gasteiger partial charge in [-0.2, -0.15) is 5.26 Å². The average Bonchev–Trinajstić information content (AvgIpc) is 1.94. The lowest BCUT2D eigenvalue weighted by molar-refractivity contribution is 0.740. The third-order valence-electron chi connectivity index (χ3n) is 1.60. The summed E-state index contributed by atoms with van der Waals surface area (Å²) in [6.45, 7) is 0. The molecule has 0 amide bonds. The van der Waals surface area contributed by atoms with Crippen molar-refractivity contribution in [3.8, 4) is 5.40 Å². The van der Waals surface area contributed by atoms with Gasteiger partial charge in [0.25, 0.3) is 0 Å². The maximum absolute atomic E-state index is 8.36. The summed E-state index contributed by atoms with van der Waals surface area (Å²) in [4.78, 5) is 0. The summed E-state index contributed by atoms with van der Waals surface area (Å²) < 4.78 is 0. The molecule has 3 heteroatoms. The third-order valence-corrected chi connectivity index (χ3v) is 2.49. The van der Waals surface area contributed by atoms with Crippen LogP contribution < -0.4 is 0 Å². The Hall–Kier alpha value is -0.355. The Bertz CT molecular complexity index is 173. The summed E-state index contributed by atoms with van der Waals surface area (Å²) in [6.07, 6.45) is 6.19. The van der Waals surface area contributed by atoms with Crippen LogP contribution in [0.3, 0.4) is 0 Å². The number of thioether (sulfide) groups is 1. The maximum atomic E-state index is 8.36. The van der Waals surface area contributed by atoms with Crippen LogP contribution in [0.4, 0.5) is 0 Å². The molecule has 0 saturated carbocycles. The van der Waals surface area contributed by atoms with Crippen molar-refractivity contribution in [2.75, 3.05) is 0 Å². The predicted octanol–water partition coefficient (Wildman–Crippen LogP) is 1.88. The molecule has 10 heavy (non-hydrogen) atoms. The number of hydrogen-bond acceptors (Lipinski definition) is 2. The van der Waals surface area contributed by atoms with Crippen LogP contribution in [0.2, 0.25) is 5.82 Å². The molecule has 0 heterocycles. The molecular formula is C7H8BNS. The Morgan fingerprint density at radius 3 is 3.10 bits per heavy atom. The highest BCUT2D eigenvalue weighted by molar-refractivity contribution is 8.04. The molecule has 1 aliphatic rings. The van der Waals surface area contributed by atoms with E-state index in [2.05, 4.69) is 11.5 Å². The number of rotatable bonds is 1. The molecule has 0 N–H and O–H groups in total. The van der Waals surface area contributed by atoms with Crippen molar-refractivity contribution < 1.29 is 0 Å². The number of nitriles is 1. The average molecular weight is 149 g/mol. The summed E-state index contributed by atoms with van der Waals surface area (Å²) in [5, 5.41) is 10.6. The number of nitrogens with zero attached hydrogens (tertiary/aromatic N) is 1. The molecule has 2 unspecified atom stereocenters. The molecule has 1 rings (SSSR count). The monoisotopic (exact) mass is 149 g/mol. The Morgan fingerprint density at radius 1 is 1.70 bits per heavy atom. The van der Waals surface area contributed by atoms with Gasteiger partial charge in [0, 0.05) is 5.25 Å². The normalized spacial score (nSPS) is 31.5. The fourth-order valence-electron chi connectivity index (χ4n) is 1.01. The molecule has 0 fully saturated rings. The van der Waals surface area contributed by atoms with E-state index in [0.29, 0.717) is 0 Å². The van der Waals surface area contributed by atoms with Gasteiger partial charge >= 0.3 is 0 Å². The minimum atomic E-state index is 0.176. The molecular weight excluding hydrogens is 141 g/mol. The maximum Gasteiger partial charge on any atom is 0.133 e. The van der Waals surface area contributed by atoms with Crippen LogP contribution in [0.25, 0.3) is 0 Å². The minimum absolute atomic E-state index is 0.176. The van der Waals surface area contributed by atoms with E-state index < -0.39 is 0 Å². The van der Waals surface area contributed by atoms with Crippen molar-refractivity contribution in [1.82, 2.24) is 0 Å². The van der Waals surface area contributed by atoms with E-state index in [9.17, 15) is 0 Å². The van der Waals surface area contributed by atoms with Crippen LogP contribution in [-0.2, 0) is 0 Å². The minimum Gasteiger partial charge on any atom is -0.185 e. The highest BCUT2D eigenvalue weighted by atomic mass is 32.2. The fourth-order valence-corrected chi connectivity index (χ4v) is 1.64. The smallest absolute Gasteiger partial charge is 0.133 e. The lowest BCUT2D eigenvalue weighted by Gasteiger charge is -2.20. The van der Waals surface area contributed by atoms with E-state index in [0.717, 1.165) is 12.8 Å². The van der Waals surface area contributed by atoms with Gasteiger partial charge in [-0.3, -0.25) is 0 Å². The van der Waals surface area contributed by atoms with E-state index in [4.69, 9.17) is 13.1 Å². The van der Waals surface area contributed by atoms with Crippen LogP contribution in [0.5, 0.6) is 0 Å². The quantitative estimate of drug-likeness (QED) is 0.323. The van der Waals surface area contributed by atoms with E-state index in [-0.39, 0.29) is 11.1 Å². The predicted molar refractivity (Wildman–Crippen MR) is 44.9 cm³/mol. The second-order valence-electron chi connectivity index (χ2n) is 2.34. The molecule has 2 radical (unpaired) electrons. The van der Waals surface area contributed by atoms with Gasteiger partial charge in [0.2, 0.25) is 0 Å². The van der Waals surface area contributed by atoms with Gasteiger partial charge in [-0.1, -0.05) is 24.4 Å². The highest BCUT2D eigenvalue weighted by Gasteiger charge is 2.16. The van der Waals surface area contributed by atoms with Crippen LogP contribution in [0.15, 0.2) is 12.2 Å². The van der Waals surface area contributed by atoms with E-state index in [1.54, 1.807) is 0 Å². The molecule has 2 atom stereocenters. The van der Waals surface area contributed by atoms with E-state index in [1.807, 2.05) is 6.08 Å². The second-order valence-corrected chi connectivity index (χ2v) is 3.31. The van der Waals surface area contributed by atoms with Crippen molar-refractivity contribution in [2.24, 2.45) is 0 Å². The zero-order valence-corrected chi connectivity index (χ0v) is 6.47. The van der Waals surface area contributed by atoms with Crippen LogP contribution in [-0.4, -0.2) is 13.1 Å². The number of hydrogen-bond donors (Lipinski definition) is 0. The molecule has 0 saturated heterocycles. The van der Waals surface area contributed by atoms with Gasteiger partial charge in [-0.05, 0) is 18.2 Å². The first-order valence-electron chi connectivity index (χ1n) is 3.31. The molecule has 0 aromatic carbocycles.